The van der Waals surface area contributed by atoms with Gasteiger partial charge in [-0.05, 0) is 40.2 Å². The quantitative estimate of drug-likeness (QED) is 0.592. The fourth-order valence-electron chi connectivity index (χ4n) is 2.16. The van der Waals surface area contributed by atoms with E-state index in [4.69, 9.17) is 4.74 Å². The third-order valence-electron chi connectivity index (χ3n) is 3.16. The molecular weight excluding hydrogens is 358 g/mol. The Morgan fingerprint density at radius 2 is 1.87 bits per heavy atom. The van der Waals surface area contributed by atoms with Gasteiger partial charge in [0.2, 0.25) is 0 Å². The van der Waals surface area contributed by atoms with Crippen LogP contribution in [0.25, 0.3) is 22.6 Å². The predicted molar refractivity (Wildman–Crippen MR) is 89.1 cm³/mol. The van der Waals surface area contributed by atoms with Crippen molar-refractivity contribution in [3.63, 3.8) is 0 Å². The molecule has 1 N–H and O–H groups in total. The molecule has 0 radical (unpaired) electrons. The van der Waals surface area contributed by atoms with Gasteiger partial charge < -0.3 is 9.72 Å². The highest BCUT2D eigenvalue weighted by Gasteiger charge is 2.08. The van der Waals surface area contributed by atoms with Gasteiger partial charge in [-0.25, -0.2) is 19.9 Å². The van der Waals surface area contributed by atoms with Crippen LogP contribution in [0.1, 0.15) is 0 Å². The first-order valence-corrected chi connectivity index (χ1v) is 7.64. The zero-order chi connectivity index (χ0) is 15.6. The Kier molecular flexibility index (Phi) is 3.47. The number of aromatic amines is 1. The topological polar surface area (TPSA) is 76.6 Å². The van der Waals surface area contributed by atoms with E-state index in [2.05, 4.69) is 40.8 Å². The van der Waals surface area contributed by atoms with Crippen LogP contribution >= 0.6 is 15.9 Å². The van der Waals surface area contributed by atoms with E-state index in [1.807, 2.05) is 30.3 Å². The number of aromatic nitrogens is 5. The van der Waals surface area contributed by atoms with Crippen molar-refractivity contribution in [3.05, 3.63) is 59.5 Å². The second kappa shape index (κ2) is 5.77. The molecule has 1 aromatic carbocycles. The lowest BCUT2D eigenvalue weighted by Gasteiger charge is -2.04. The van der Waals surface area contributed by atoms with Crippen LogP contribution in [-0.2, 0) is 0 Å². The Hall–Kier alpha value is -2.80. The van der Waals surface area contributed by atoms with E-state index in [0.29, 0.717) is 17.4 Å². The van der Waals surface area contributed by atoms with Gasteiger partial charge in [0.1, 0.15) is 11.6 Å². The van der Waals surface area contributed by atoms with E-state index in [0.717, 1.165) is 21.4 Å². The van der Waals surface area contributed by atoms with Gasteiger partial charge in [-0.15, -0.1) is 0 Å². The highest BCUT2D eigenvalue weighted by Crippen LogP contribution is 2.26. The maximum absolute atomic E-state index is 5.65. The van der Waals surface area contributed by atoms with Gasteiger partial charge in [-0.3, -0.25) is 0 Å². The maximum Gasteiger partial charge on any atom is 0.321 e. The zero-order valence-electron chi connectivity index (χ0n) is 11.8. The van der Waals surface area contributed by atoms with Gasteiger partial charge in [-0.2, -0.15) is 0 Å². The first-order chi connectivity index (χ1) is 11.3. The fourth-order valence-corrected chi connectivity index (χ4v) is 2.49. The number of halogens is 1. The van der Waals surface area contributed by atoms with E-state index in [1.165, 1.54) is 0 Å². The Balaban J connectivity index is 1.69. The Bertz CT molecular complexity index is 971. The molecule has 0 unspecified atom stereocenters. The van der Waals surface area contributed by atoms with Crippen molar-refractivity contribution < 1.29 is 4.74 Å². The summed E-state index contributed by atoms with van der Waals surface area (Å²) in [7, 11) is 0. The van der Waals surface area contributed by atoms with E-state index in [1.54, 1.807) is 24.7 Å². The van der Waals surface area contributed by atoms with E-state index >= 15 is 0 Å². The molecular formula is C16H10BrN5O. The normalized spacial score (nSPS) is 10.8. The molecule has 0 aliphatic heterocycles. The van der Waals surface area contributed by atoms with Crippen LogP contribution in [-0.4, -0.2) is 24.9 Å². The molecule has 0 saturated carbocycles. The summed E-state index contributed by atoms with van der Waals surface area (Å²) in [6.45, 7) is 0. The van der Waals surface area contributed by atoms with Gasteiger partial charge in [0.15, 0.2) is 5.65 Å². The average molecular weight is 368 g/mol. The summed E-state index contributed by atoms with van der Waals surface area (Å²) >= 11 is 3.40. The van der Waals surface area contributed by atoms with Gasteiger partial charge in [0, 0.05) is 28.6 Å². The third kappa shape index (κ3) is 2.91. The summed E-state index contributed by atoms with van der Waals surface area (Å²) in [6, 6.07) is 11.6. The average Bonchev–Trinajstić information content (AvgIpc) is 2.99. The molecule has 4 aromatic rings. The van der Waals surface area contributed by atoms with Crippen LogP contribution < -0.4 is 4.74 Å². The van der Waals surface area contributed by atoms with Gasteiger partial charge in [0.25, 0.3) is 0 Å². The summed E-state index contributed by atoms with van der Waals surface area (Å²) in [4.78, 5) is 20.1. The molecule has 112 valence electrons. The zero-order valence-corrected chi connectivity index (χ0v) is 13.4. The summed E-state index contributed by atoms with van der Waals surface area (Å²) in [6.07, 6.45) is 4.99. The van der Waals surface area contributed by atoms with Crippen LogP contribution in [0.5, 0.6) is 11.8 Å². The largest absolute Gasteiger partial charge is 0.424 e. The van der Waals surface area contributed by atoms with Crippen LogP contribution in [0.15, 0.2) is 59.5 Å². The maximum atomic E-state index is 5.65. The van der Waals surface area contributed by atoms with Crippen LogP contribution in [0.4, 0.5) is 0 Å². The summed E-state index contributed by atoms with van der Waals surface area (Å²) in [5.41, 5.74) is 2.43. The Morgan fingerprint density at radius 3 is 2.74 bits per heavy atom. The Labute approximate surface area is 139 Å². The molecule has 0 spiro atoms. The third-order valence-corrected chi connectivity index (χ3v) is 3.60. The highest BCUT2D eigenvalue weighted by atomic mass is 79.9. The lowest BCUT2D eigenvalue weighted by atomic mass is 10.2. The SMILES string of the molecule is Brc1cnc2nc(-c3cccc(Oc4ncccn4)c3)[nH]c2c1. The molecule has 0 fully saturated rings. The number of fused-ring (bicyclic) bond motifs is 1. The minimum absolute atomic E-state index is 0.305. The predicted octanol–water partition coefficient (Wildman–Crippen LogP) is 3.97. The molecule has 0 saturated heterocycles. The van der Waals surface area contributed by atoms with E-state index in [-0.39, 0.29) is 0 Å². The molecule has 0 bridgehead atoms. The molecule has 0 atom stereocenters. The molecule has 0 amide bonds. The number of benzene rings is 1. The minimum atomic E-state index is 0.305. The number of pyridine rings is 1. The number of hydrogen-bond acceptors (Lipinski definition) is 5. The van der Waals surface area contributed by atoms with Gasteiger partial charge in [-0.1, -0.05) is 12.1 Å². The summed E-state index contributed by atoms with van der Waals surface area (Å²) < 4.78 is 6.55. The van der Waals surface area contributed by atoms with Crippen LogP contribution in [0.2, 0.25) is 0 Å². The Morgan fingerprint density at radius 1 is 1.00 bits per heavy atom. The minimum Gasteiger partial charge on any atom is -0.424 e. The summed E-state index contributed by atoms with van der Waals surface area (Å²) in [5.74, 6) is 1.37. The number of ether oxygens (including phenoxy) is 1. The van der Waals surface area contributed by atoms with Crippen LogP contribution in [0.3, 0.4) is 0 Å². The van der Waals surface area contributed by atoms with Gasteiger partial charge >= 0.3 is 6.01 Å². The second-order valence-corrected chi connectivity index (χ2v) is 5.69. The number of imidazole rings is 1. The molecule has 23 heavy (non-hydrogen) atoms. The lowest BCUT2D eigenvalue weighted by Crippen LogP contribution is -1.90. The number of rotatable bonds is 3. The molecule has 3 aromatic heterocycles. The van der Waals surface area contributed by atoms with Crippen molar-refractivity contribution in [1.82, 2.24) is 24.9 Å². The first-order valence-electron chi connectivity index (χ1n) is 6.84. The second-order valence-electron chi connectivity index (χ2n) is 4.77. The van der Waals surface area contributed by atoms with Crippen molar-refractivity contribution in [1.29, 1.82) is 0 Å². The van der Waals surface area contributed by atoms with Crippen molar-refractivity contribution in [3.8, 4) is 23.1 Å². The van der Waals surface area contributed by atoms with Crippen molar-refractivity contribution in [2.24, 2.45) is 0 Å². The lowest BCUT2D eigenvalue weighted by molar-refractivity contribution is 0.442. The monoisotopic (exact) mass is 367 g/mol. The van der Waals surface area contributed by atoms with Crippen molar-refractivity contribution >= 4 is 27.1 Å². The number of nitrogens with zero attached hydrogens (tertiary/aromatic N) is 4. The fraction of sp³-hybridized carbons (Fsp3) is 0. The van der Waals surface area contributed by atoms with E-state index in [9.17, 15) is 0 Å². The molecule has 0 aliphatic carbocycles. The highest BCUT2D eigenvalue weighted by molar-refractivity contribution is 9.10. The van der Waals surface area contributed by atoms with Gasteiger partial charge in [0.05, 0.1) is 5.52 Å². The first kappa shape index (κ1) is 13.8. The molecule has 3 heterocycles. The molecule has 0 aliphatic rings. The number of nitrogens with one attached hydrogen (secondary N) is 1. The molecule has 4 rings (SSSR count). The van der Waals surface area contributed by atoms with Crippen molar-refractivity contribution in [2.45, 2.75) is 0 Å². The van der Waals surface area contributed by atoms with E-state index < -0.39 is 0 Å². The van der Waals surface area contributed by atoms with Crippen molar-refractivity contribution in [2.75, 3.05) is 0 Å². The number of hydrogen-bond donors (Lipinski definition) is 1. The number of H-pyrrole nitrogens is 1. The summed E-state index contributed by atoms with van der Waals surface area (Å²) in [5, 5.41) is 0. The molecule has 6 nitrogen and oxygen atoms in total. The smallest absolute Gasteiger partial charge is 0.321 e. The molecule has 7 heteroatoms. The van der Waals surface area contributed by atoms with Crippen LogP contribution in [0, 0.1) is 0 Å². The standard InChI is InChI=1S/C16H10BrN5O/c17-11-8-13-15(20-9-11)22-14(21-13)10-3-1-4-12(7-10)23-16-18-5-2-6-19-16/h1-9H,(H,20,21,22).